The molecule has 5 heteroatoms. The first-order chi connectivity index (χ1) is 9.06. The highest BCUT2D eigenvalue weighted by atomic mass is 16.4. The van der Waals surface area contributed by atoms with Gasteiger partial charge in [0.1, 0.15) is 6.04 Å². The van der Waals surface area contributed by atoms with Gasteiger partial charge in [-0.15, -0.1) is 0 Å². The number of fused-ring (bicyclic) bond motifs is 1. The smallest absolute Gasteiger partial charge is 0.321 e. The van der Waals surface area contributed by atoms with Crippen LogP contribution in [0.3, 0.4) is 0 Å². The van der Waals surface area contributed by atoms with Crippen LogP contribution < -0.4 is 11.1 Å². The summed E-state index contributed by atoms with van der Waals surface area (Å²) in [6, 6.07) is 12.1. The molecule has 0 aliphatic rings. The molecule has 0 spiro atoms. The van der Waals surface area contributed by atoms with Gasteiger partial charge in [-0.1, -0.05) is 30.3 Å². The van der Waals surface area contributed by atoms with Crippen LogP contribution in [0.15, 0.2) is 42.5 Å². The zero-order valence-electron chi connectivity index (χ0n) is 10.2. The van der Waals surface area contributed by atoms with Gasteiger partial charge in [-0.05, 0) is 22.9 Å². The molecule has 0 aliphatic heterocycles. The summed E-state index contributed by atoms with van der Waals surface area (Å²) in [6.45, 7) is 0. The average molecular weight is 258 g/mol. The number of hydrogen-bond donors (Lipinski definition) is 3. The van der Waals surface area contributed by atoms with E-state index in [0.717, 1.165) is 10.8 Å². The molecular formula is C14H14N2O3. The Morgan fingerprint density at radius 3 is 2.53 bits per heavy atom. The predicted octanol–water partition coefficient (Wildman–Crippen LogP) is 1.58. The lowest BCUT2D eigenvalue weighted by Gasteiger charge is -2.08. The van der Waals surface area contributed by atoms with E-state index in [4.69, 9.17) is 10.8 Å². The van der Waals surface area contributed by atoms with Crippen molar-refractivity contribution < 1.29 is 14.7 Å². The Bertz CT molecular complexity index is 625. The highest BCUT2D eigenvalue weighted by Crippen LogP contribution is 2.18. The highest BCUT2D eigenvalue weighted by Gasteiger charge is 2.16. The maximum atomic E-state index is 11.6. The number of hydrogen-bond acceptors (Lipinski definition) is 3. The molecule has 5 nitrogen and oxygen atoms in total. The number of nitrogens with one attached hydrogen (secondary N) is 1. The summed E-state index contributed by atoms with van der Waals surface area (Å²) >= 11 is 0. The number of carboxylic acid groups (broad SMARTS) is 1. The lowest BCUT2D eigenvalue weighted by Crippen LogP contribution is -2.34. The van der Waals surface area contributed by atoms with E-state index in [1.807, 2.05) is 36.4 Å². The largest absolute Gasteiger partial charge is 0.480 e. The van der Waals surface area contributed by atoms with Crippen LogP contribution in [0.25, 0.3) is 10.8 Å². The molecule has 98 valence electrons. The molecule has 19 heavy (non-hydrogen) atoms. The van der Waals surface area contributed by atoms with E-state index in [9.17, 15) is 9.59 Å². The fourth-order valence-electron chi connectivity index (χ4n) is 1.77. The summed E-state index contributed by atoms with van der Waals surface area (Å²) in [5, 5.41) is 13.3. The average Bonchev–Trinajstić information content (AvgIpc) is 2.38. The van der Waals surface area contributed by atoms with Crippen molar-refractivity contribution in [3.8, 4) is 0 Å². The minimum atomic E-state index is -1.19. The molecule has 0 heterocycles. The summed E-state index contributed by atoms with van der Waals surface area (Å²) in [6.07, 6.45) is -0.248. The maximum absolute atomic E-state index is 11.6. The third-order valence-corrected chi connectivity index (χ3v) is 2.76. The monoisotopic (exact) mass is 258 g/mol. The lowest BCUT2D eigenvalue weighted by atomic mass is 10.1. The van der Waals surface area contributed by atoms with Gasteiger partial charge < -0.3 is 16.2 Å². The van der Waals surface area contributed by atoms with Crippen molar-refractivity contribution >= 4 is 28.3 Å². The van der Waals surface area contributed by atoms with Crippen molar-refractivity contribution in [2.75, 3.05) is 5.32 Å². The zero-order chi connectivity index (χ0) is 13.8. The topological polar surface area (TPSA) is 92.4 Å². The maximum Gasteiger partial charge on any atom is 0.321 e. The Labute approximate surface area is 110 Å². The molecule has 0 aromatic heterocycles. The third-order valence-electron chi connectivity index (χ3n) is 2.76. The minimum Gasteiger partial charge on any atom is -0.480 e. The first-order valence-corrected chi connectivity index (χ1v) is 5.83. The molecule has 4 N–H and O–H groups in total. The molecule has 0 bridgehead atoms. The van der Waals surface area contributed by atoms with E-state index < -0.39 is 17.9 Å². The SMILES string of the molecule is NC(CC(=O)Nc1ccc2ccccc2c1)C(=O)O. The standard InChI is InChI=1S/C14H14N2O3/c15-12(14(18)19)8-13(17)16-11-6-5-9-3-1-2-4-10(9)7-11/h1-7,12H,8,15H2,(H,16,17)(H,18,19). The molecule has 1 unspecified atom stereocenters. The van der Waals surface area contributed by atoms with Crippen molar-refractivity contribution in [1.82, 2.24) is 0 Å². The van der Waals surface area contributed by atoms with Gasteiger partial charge >= 0.3 is 5.97 Å². The van der Waals surface area contributed by atoms with E-state index in [-0.39, 0.29) is 6.42 Å². The molecule has 2 aromatic carbocycles. The van der Waals surface area contributed by atoms with Crippen LogP contribution in [0, 0.1) is 0 Å². The molecule has 0 saturated heterocycles. The number of rotatable bonds is 4. The zero-order valence-corrected chi connectivity index (χ0v) is 10.2. The van der Waals surface area contributed by atoms with Crippen LogP contribution in [0.4, 0.5) is 5.69 Å². The highest BCUT2D eigenvalue weighted by molar-refractivity contribution is 5.96. The molecule has 2 rings (SSSR count). The summed E-state index contributed by atoms with van der Waals surface area (Å²) in [5.41, 5.74) is 5.93. The van der Waals surface area contributed by atoms with Crippen LogP contribution in [-0.2, 0) is 9.59 Å². The first-order valence-electron chi connectivity index (χ1n) is 5.83. The van der Waals surface area contributed by atoms with Gasteiger partial charge in [-0.2, -0.15) is 0 Å². The summed E-state index contributed by atoms with van der Waals surface area (Å²) in [5.74, 6) is -1.60. The normalized spacial score (nSPS) is 12.1. The van der Waals surface area contributed by atoms with Crippen LogP contribution in [0.1, 0.15) is 6.42 Å². The van der Waals surface area contributed by atoms with Crippen molar-refractivity contribution in [2.24, 2.45) is 5.73 Å². The quantitative estimate of drug-likeness (QED) is 0.776. The van der Waals surface area contributed by atoms with Crippen LogP contribution in [-0.4, -0.2) is 23.0 Å². The van der Waals surface area contributed by atoms with Crippen molar-refractivity contribution in [1.29, 1.82) is 0 Å². The summed E-state index contributed by atoms with van der Waals surface area (Å²) < 4.78 is 0. The van der Waals surface area contributed by atoms with Crippen LogP contribution in [0.5, 0.6) is 0 Å². The predicted molar refractivity (Wildman–Crippen MR) is 72.8 cm³/mol. The van der Waals surface area contributed by atoms with E-state index in [1.54, 1.807) is 6.07 Å². The molecule has 1 amide bonds. The van der Waals surface area contributed by atoms with Gasteiger partial charge in [0, 0.05) is 5.69 Å². The van der Waals surface area contributed by atoms with E-state index >= 15 is 0 Å². The van der Waals surface area contributed by atoms with Crippen LogP contribution in [0.2, 0.25) is 0 Å². The number of anilines is 1. The fraction of sp³-hybridized carbons (Fsp3) is 0.143. The number of aliphatic carboxylic acids is 1. The summed E-state index contributed by atoms with van der Waals surface area (Å²) in [7, 11) is 0. The third kappa shape index (κ3) is 3.29. The lowest BCUT2D eigenvalue weighted by molar-refractivity contribution is -0.140. The molecule has 2 aromatic rings. The van der Waals surface area contributed by atoms with Gasteiger partial charge in [-0.25, -0.2) is 0 Å². The molecule has 0 radical (unpaired) electrons. The molecule has 0 fully saturated rings. The van der Waals surface area contributed by atoms with E-state index in [1.165, 1.54) is 0 Å². The second-order valence-electron chi connectivity index (χ2n) is 4.26. The van der Waals surface area contributed by atoms with E-state index in [0.29, 0.717) is 5.69 Å². The fourth-order valence-corrected chi connectivity index (χ4v) is 1.77. The Kier molecular flexibility index (Phi) is 3.77. The first kappa shape index (κ1) is 13.0. The number of amides is 1. The van der Waals surface area contributed by atoms with Gasteiger partial charge in [-0.3, -0.25) is 9.59 Å². The number of carboxylic acids is 1. The minimum absolute atomic E-state index is 0.248. The Morgan fingerprint density at radius 2 is 1.84 bits per heavy atom. The molecule has 0 aliphatic carbocycles. The number of carbonyl (C=O) groups excluding carboxylic acids is 1. The number of nitrogens with two attached hydrogens (primary N) is 1. The Hall–Kier alpha value is -2.40. The van der Waals surface area contributed by atoms with Crippen molar-refractivity contribution in [3.05, 3.63) is 42.5 Å². The van der Waals surface area contributed by atoms with Crippen molar-refractivity contribution in [3.63, 3.8) is 0 Å². The second-order valence-corrected chi connectivity index (χ2v) is 4.26. The van der Waals surface area contributed by atoms with Gasteiger partial charge in [0.15, 0.2) is 0 Å². The van der Waals surface area contributed by atoms with E-state index in [2.05, 4.69) is 5.32 Å². The molecule has 0 saturated carbocycles. The molecular weight excluding hydrogens is 244 g/mol. The number of benzene rings is 2. The Balaban J connectivity index is 2.09. The second kappa shape index (κ2) is 5.49. The van der Waals surface area contributed by atoms with Crippen molar-refractivity contribution in [2.45, 2.75) is 12.5 Å². The van der Waals surface area contributed by atoms with Gasteiger partial charge in [0.2, 0.25) is 5.91 Å². The van der Waals surface area contributed by atoms with Gasteiger partial charge in [0.05, 0.1) is 6.42 Å². The summed E-state index contributed by atoms with van der Waals surface area (Å²) in [4.78, 5) is 22.2. The van der Waals surface area contributed by atoms with Crippen LogP contribution >= 0.6 is 0 Å². The number of carbonyl (C=O) groups is 2. The molecule has 1 atom stereocenters. The Morgan fingerprint density at radius 1 is 1.16 bits per heavy atom. The van der Waals surface area contributed by atoms with Gasteiger partial charge in [0.25, 0.3) is 0 Å².